The number of fused-ring (bicyclic) bond motifs is 1. The monoisotopic (exact) mass is 376 g/mol. The summed E-state index contributed by atoms with van der Waals surface area (Å²) in [5.74, 6) is -0.733. The van der Waals surface area contributed by atoms with Crippen molar-refractivity contribution in [2.45, 2.75) is 13.0 Å². The van der Waals surface area contributed by atoms with Gasteiger partial charge in [0.15, 0.2) is 0 Å². The van der Waals surface area contributed by atoms with Gasteiger partial charge in [0.25, 0.3) is 11.8 Å². The van der Waals surface area contributed by atoms with Crippen molar-refractivity contribution in [3.05, 3.63) is 83.3 Å². The van der Waals surface area contributed by atoms with Gasteiger partial charge in [-0.3, -0.25) is 14.5 Å². The fraction of sp³-hybridized carbons (Fsp3) is 0.136. The van der Waals surface area contributed by atoms with Crippen molar-refractivity contribution >= 4 is 11.8 Å². The number of nitrogens with zero attached hydrogens (tertiary/aromatic N) is 2. The molecule has 2 amide bonds. The molecule has 1 atom stereocenters. The number of benzene rings is 2. The number of aromatic nitrogens is 1. The molecule has 140 valence electrons. The first-order chi connectivity index (χ1) is 13.5. The predicted molar refractivity (Wildman–Crippen MR) is 102 cm³/mol. The molecule has 5 nitrogen and oxygen atoms in total. The molecule has 0 fully saturated rings. The van der Waals surface area contributed by atoms with Crippen molar-refractivity contribution in [3.8, 4) is 17.0 Å². The molecule has 2 aromatic carbocycles. The lowest BCUT2D eigenvalue weighted by Crippen LogP contribution is -2.32. The number of methoxy groups -OCH3 is 1. The van der Waals surface area contributed by atoms with E-state index < -0.39 is 11.9 Å². The minimum atomic E-state index is -0.459. The van der Waals surface area contributed by atoms with Gasteiger partial charge in [-0.1, -0.05) is 36.4 Å². The summed E-state index contributed by atoms with van der Waals surface area (Å²) in [6, 6.07) is 14.9. The van der Waals surface area contributed by atoms with E-state index >= 15 is 0 Å². The fourth-order valence-corrected chi connectivity index (χ4v) is 3.45. The number of pyridine rings is 1. The number of hydrogen-bond acceptors (Lipinski definition) is 4. The highest BCUT2D eigenvalue weighted by Crippen LogP contribution is 2.33. The van der Waals surface area contributed by atoms with Gasteiger partial charge in [-0.2, -0.15) is 0 Å². The summed E-state index contributed by atoms with van der Waals surface area (Å²) in [5.41, 5.74) is 2.89. The van der Waals surface area contributed by atoms with E-state index in [-0.39, 0.29) is 11.8 Å². The molecule has 0 radical (unpaired) electrons. The van der Waals surface area contributed by atoms with E-state index in [2.05, 4.69) is 4.98 Å². The maximum Gasteiger partial charge on any atom is 0.262 e. The molecule has 1 unspecified atom stereocenters. The Balaban J connectivity index is 1.64. The number of carbonyl (C=O) groups is 2. The largest absolute Gasteiger partial charge is 0.481 e. The smallest absolute Gasteiger partial charge is 0.262 e. The third kappa shape index (κ3) is 2.83. The lowest BCUT2D eigenvalue weighted by Gasteiger charge is -2.23. The Bertz CT molecular complexity index is 1040. The van der Waals surface area contributed by atoms with Crippen LogP contribution in [0, 0.1) is 5.82 Å². The lowest BCUT2D eigenvalue weighted by molar-refractivity contribution is 0.0595. The first-order valence-electron chi connectivity index (χ1n) is 8.78. The van der Waals surface area contributed by atoms with Crippen molar-refractivity contribution in [1.29, 1.82) is 0 Å². The van der Waals surface area contributed by atoms with Gasteiger partial charge in [0, 0.05) is 5.56 Å². The van der Waals surface area contributed by atoms with Gasteiger partial charge in [0.1, 0.15) is 5.82 Å². The quantitative estimate of drug-likeness (QED) is 0.639. The minimum absolute atomic E-state index is 0.298. The van der Waals surface area contributed by atoms with Crippen LogP contribution in [0.25, 0.3) is 11.1 Å². The molecule has 0 aliphatic carbocycles. The molecular formula is C22H17FN2O3. The first kappa shape index (κ1) is 17.9. The molecule has 0 saturated carbocycles. The van der Waals surface area contributed by atoms with Crippen LogP contribution in [0.5, 0.6) is 5.88 Å². The summed E-state index contributed by atoms with van der Waals surface area (Å²) in [6.45, 7) is 1.81. The molecule has 1 aromatic heterocycles. The van der Waals surface area contributed by atoms with Gasteiger partial charge in [-0.25, -0.2) is 9.37 Å². The molecule has 4 rings (SSSR count). The molecule has 0 saturated heterocycles. The van der Waals surface area contributed by atoms with Gasteiger partial charge in [-0.05, 0) is 36.2 Å². The van der Waals surface area contributed by atoms with Gasteiger partial charge in [-0.15, -0.1) is 0 Å². The zero-order chi connectivity index (χ0) is 19.8. The van der Waals surface area contributed by atoms with E-state index in [0.29, 0.717) is 22.6 Å². The zero-order valence-electron chi connectivity index (χ0n) is 15.3. The Morgan fingerprint density at radius 1 is 0.964 bits per heavy atom. The van der Waals surface area contributed by atoms with E-state index in [9.17, 15) is 14.0 Å². The molecule has 1 aliphatic rings. The molecule has 2 heterocycles. The highest BCUT2D eigenvalue weighted by atomic mass is 19.1. The summed E-state index contributed by atoms with van der Waals surface area (Å²) in [5, 5.41) is 0. The Morgan fingerprint density at radius 2 is 1.57 bits per heavy atom. The van der Waals surface area contributed by atoms with Crippen LogP contribution in [0.1, 0.15) is 39.2 Å². The van der Waals surface area contributed by atoms with Gasteiger partial charge in [0.2, 0.25) is 5.88 Å². The second kappa shape index (κ2) is 6.88. The standard InChI is InChI=1S/C22H17FN2O3/c1-13(25-21(26)17-5-3-4-6-18(17)22(25)27)14-7-9-15(10-8-14)19-11-16(23)12-24-20(19)28-2/h3-13H,1-2H3. The highest BCUT2D eigenvalue weighted by molar-refractivity contribution is 6.21. The van der Waals surface area contributed by atoms with Crippen LogP contribution in [0.2, 0.25) is 0 Å². The molecular weight excluding hydrogens is 359 g/mol. The van der Waals surface area contributed by atoms with Crippen LogP contribution >= 0.6 is 0 Å². The summed E-state index contributed by atoms with van der Waals surface area (Å²) in [6.07, 6.45) is 1.10. The second-order valence-electron chi connectivity index (χ2n) is 6.53. The van der Waals surface area contributed by atoms with E-state index in [0.717, 1.165) is 17.3 Å². The Morgan fingerprint density at radius 3 is 2.14 bits per heavy atom. The van der Waals surface area contributed by atoms with Crippen LogP contribution in [-0.2, 0) is 0 Å². The van der Waals surface area contributed by atoms with E-state index in [1.165, 1.54) is 18.1 Å². The highest BCUT2D eigenvalue weighted by Gasteiger charge is 2.38. The Labute approximate surface area is 161 Å². The number of ether oxygens (including phenoxy) is 1. The molecule has 6 heteroatoms. The van der Waals surface area contributed by atoms with Crippen LogP contribution in [0.15, 0.2) is 60.8 Å². The normalized spacial score (nSPS) is 14.2. The number of imide groups is 1. The van der Waals surface area contributed by atoms with Gasteiger partial charge in [0.05, 0.1) is 30.5 Å². The topological polar surface area (TPSA) is 59.5 Å². The van der Waals surface area contributed by atoms with E-state index in [1.54, 1.807) is 43.3 Å². The Hall–Kier alpha value is -3.54. The zero-order valence-corrected chi connectivity index (χ0v) is 15.3. The number of hydrogen-bond donors (Lipinski definition) is 0. The summed E-state index contributed by atoms with van der Waals surface area (Å²) >= 11 is 0. The maximum atomic E-state index is 13.6. The average Bonchev–Trinajstić information content (AvgIpc) is 2.98. The van der Waals surface area contributed by atoms with E-state index in [4.69, 9.17) is 4.74 Å². The second-order valence-corrected chi connectivity index (χ2v) is 6.53. The maximum absolute atomic E-state index is 13.6. The fourth-order valence-electron chi connectivity index (χ4n) is 3.45. The summed E-state index contributed by atoms with van der Waals surface area (Å²) in [7, 11) is 1.47. The third-order valence-electron chi connectivity index (χ3n) is 4.93. The number of amides is 2. The summed E-state index contributed by atoms with van der Waals surface area (Å²) < 4.78 is 18.8. The molecule has 0 bridgehead atoms. The number of rotatable bonds is 4. The molecule has 3 aromatic rings. The SMILES string of the molecule is COc1ncc(F)cc1-c1ccc(C(C)N2C(=O)c3ccccc3C2=O)cc1. The molecule has 28 heavy (non-hydrogen) atoms. The molecule has 0 N–H and O–H groups in total. The van der Waals surface area contributed by atoms with Crippen molar-refractivity contribution in [1.82, 2.24) is 9.88 Å². The van der Waals surface area contributed by atoms with Crippen molar-refractivity contribution in [3.63, 3.8) is 0 Å². The lowest BCUT2D eigenvalue weighted by atomic mass is 10.0. The third-order valence-corrected chi connectivity index (χ3v) is 4.93. The number of carbonyl (C=O) groups excluding carboxylic acids is 2. The van der Waals surface area contributed by atoms with Crippen LogP contribution in [0.3, 0.4) is 0 Å². The van der Waals surface area contributed by atoms with Crippen LogP contribution in [-0.4, -0.2) is 28.8 Å². The number of halogens is 1. The van der Waals surface area contributed by atoms with E-state index in [1.807, 2.05) is 12.1 Å². The summed E-state index contributed by atoms with van der Waals surface area (Å²) in [4.78, 5) is 30.5. The van der Waals surface area contributed by atoms with Crippen molar-refractivity contribution in [2.75, 3.05) is 7.11 Å². The predicted octanol–water partition coefficient (Wildman–Crippen LogP) is 4.25. The molecule has 0 spiro atoms. The minimum Gasteiger partial charge on any atom is -0.481 e. The molecule has 1 aliphatic heterocycles. The van der Waals surface area contributed by atoms with Crippen molar-refractivity contribution in [2.24, 2.45) is 0 Å². The van der Waals surface area contributed by atoms with Crippen LogP contribution < -0.4 is 4.74 Å². The van der Waals surface area contributed by atoms with Crippen molar-refractivity contribution < 1.29 is 18.7 Å². The van der Waals surface area contributed by atoms with Gasteiger partial charge >= 0.3 is 0 Å². The van der Waals surface area contributed by atoms with Crippen LogP contribution in [0.4, 0.5) is 4.39 Å². The first-order valence-corrected chi connectivity index (χ1v) is 8.78. The average molecular weight is 376 g/mol. The Kier molecular flexibility index (Phi) is 4.39. The van der Waals surface area contributed by atoms with Gasteiger partial charge < -0.3 is 4.74 Å².